The second kappa shape index (κ2) is 10.3. The SMILES string of the molecule is CCC(=O)N1CC(C(=O)N[C@@H](CCN2[C@@H]3CC[C@H]2CC(n2cnc4ccccc42)C3)c2ccccc2)C1. The Bertz CT molecular complexity index is 1240. The van der Waals surface area contributed by atoms with Crippen LogP contribution in [-0.2, 0) is 9.59 Å². The third kappa shape index (κ3) is 4.77. The first-order valence-electron chi connectivity index (χ1n) is 13.9. The highest BCUT2D eigenvalue weighted by atomic mass is 16.2. The molecule has 2 aromatic carbocycles. The van der Waals surface area contributed by atoms with E-state index in [4.69, 9.17) is 0 Å². The van der Waals surface area contributed by atoms with E-state index in [1.807, 2.05) is 31.5 Å². The number of amides is 2. The highest BCUT2D eigenvalue weighted by Gasteiger charge is 2.42. The molecule has 3 aromatic rings. The van der Waals surface area contributed by atoms with Gasteiger partial charge in [0.25, 0.3) is 0 Å². The highest BCUT2D eigenvalue weighted by Crippen LogP contribution is 2.42. The lowest BCUT2D eigenvalue weighted by atomic mass is 9.94. The van der Waals surface area contributed by atoms with Crippen molar-refractivity contribution in [3.05, 3.63) is 66.5 Å². The lowest BCUT2D eigenvalue weighted by Crippen LogP contribution is -2.56. The number of carbonyl (C=O) groups excluding carboxylic acids is 2. The Labute approximate surface area is 218 Å². The molecule has 194 valence electrons. The summed E-state index contributed by atoms with van der Waals surface area (Å²) in [5.74, 6) is 0.104. The van der Waals surface area contributed by atoms with Gasteiger partial charge in [0.05, 0.1) is 29.3 Å². The molecule has 3 aliphatic rings. The van der Waals surface area contributed by atoms with Crippen LogP contribution in [0.5, 0.6) is 0 Å². The number of likely N-dealkylation sites (tertiary alicyclic amines) is 1. The van der Waals surface area contributed by atoms with Gasteiger partial charge in [-0.05, 0) is 49.8 Å². The minimum atomic E-state index is -0.0985. The van der Waals surface area contributed by atoms with Crippen LogP contribution < -0.4 is 5.32 Å². The van der Waals surface area contributed by atoms with Crippen molar-refractivity contribution in [2.75, 3.05) is 19.6 Å². The van der Waals surface area contributed by atoms with E-state index >= 15 is 0 Å². The van der Waals surface area contributed by atoms with Crippen molar-refractivity contribution < 1.29 is 9.59 Å². The molecule has 7 nitrogen and oxygen atoms in total. The molecule has 2 bridgehead atoms. The maximum absolute atomic E-state index is 13.1. The van der Waals surface area contributed by atoms with Gasteiger partial charge in [-0.15, -0.1) is 0 Å². The maximum atomic E-state index is 13.1. The molecule has 2 amide bonds. The number of aromatic nitrogens is 2. The number of nitrogens with one attached hydrogen (secondary N) is 1. The van der Waals surface area contributed by atoms with Gasteiger partial charge in [-0.1, -0.05) is 49.4 Å². The normalized spacial score (nSPS) is 24.7. The van der Waals surface area contributed by atoms with Crippen molar-refractivity contribution in [1.29, 1.82) is 0 Å². The summed E-state index contributed by atoms with van der Waals surface area (Å²) < 4.78 is 2.40. The standard InChI is InChI=1S/C30H37N5O2/c1-2-29(36)33-18-22(19-33)30(37)32-26(21-8-4-3-5-9-21)14-15-34-23-12-13-24(34)17-25(16-23)35-20-31-27-10-6-7-11-28(27)35/h3-11,20,22-26H,2,12-19H2,1H3,(H,32,37)/t23-,24+,25?,26-/m0/s1. The van der Waals surface area contributed by atoms with Gasteiger partial charge in [0.1, 0.15) is 0 Å². The van der Waals surface area contributed by atoms with E-state index in [1.54, 1.807) is 4.90 Å². The lowest BCUT2D eigenvalue weighted by Gasteiger charge is -2.41. The van der Waals surface area contributed by atoms with Gasteiger partial charge in [-0.2, -0.15) is 0 Å². The minimum Gasteiger partial charge on any atom is -0.349 e. The van der Waals surface area contributed by atoms with Crippen LogP contribution in [0.3, 0.4) is 0 Å². The van der Waals surface area contributed by atoms with Crippen LogP contribution >= 0.6 is 0 Å². The van der Waals surface area contributed by atoms with Gasteiger partial charge in [-0.25, -0.2) is 4.98 Å². The topological polar surface area (TPSA) is 70.5 Å². The molecule has 7 heteroatoms. The first kappa shape index (κ1) is 24.2. The predicted molar refractivity (Wildman–Crippen MR) is 144 cm³/mol. The number of hydrogen-bond donors (Lipinski definition) is 1. The summed E-state index contributed by atoms with van der Waals surface area (Å²) in [5.41, 5.74) is 3.47. The predicted octanol–water partition coefficient (Wildman–Crippen LogP) is 4.32. The lowest BCUT2D eigenvalue weighted by molar-refractivity contribution is -0.143. The summed E-state index contributed by atoms with van der Waals surface area (Å²) in [7, 11) is 0. The Morgan fingerprint density at radius 3 is 2.41 bits per heavy atom. The Morgan fingerprint density at radius 1 is 0.973 bits per heavy atom. The zero-order valence-electron chi connectivity index (χ0n) is 21.6. The van der Waals surface area contributed by atoms with Crippen LogP contribution in [0.25, 0.3) is 11.0 Å². The summed E-state index contributed by atoms with van der Waals surface area (Å²) in [6.45, 7) is 3.94. The summed E-state index contributed by atoms with van der Waals surface area (Å²) in [4.78, 5) is 34.1. The van der Waals surface area contributed by atoms with Crippen LogP contribution in [0.1, 0.15) is 63.1 Å². The molecule has 0 saturated carbocycles. The molecule has 4 heterocycles. The number of imidazole rings is 1. The van der Waals surface area contributed by atoms with E-state index in [9.17, 15) is 9.59 Å². The van der Waals surface area contributed by atoms with E-state index in [-0.39, 0.29) is 23.8 Å². The van der Waals surface area contributed by atoms with Crippen molar-refractivity contribution >= 4 is 22.8 Å². The Hall–Kier alpha value is -3.19. The Balaban J connectivity index is 1.10. The largest absolute Gasteiger partial charge is 0.349 e. The van der Waals surface area contributed by atoms with E-state index in [2.05, 4.69) is 56.2 Å². The van der Waals surface area contributed by atoms with E-state index < -0.39 is 0 Å². The molecular weight excluding hydrogens is 462 g/mol. The van der Waals surface area contributed by atoms with Gasteiger partial charge in [0, 0.05) is 44.2 Å². The molecule has 3 saturated heterocycles. The molecule has 3 aliphatic heterocycles. The van der Waals surface area contributed by atoms with Crippen molar-refractivity contribution in [2.45, 2.75) is 69.6 Å². The number of piperidine rings is 1. The molecule has 1 N–H and O–H groups in total. The summed E-state index contributed by atoms with van der Waals surface area (Å²) in [6.07, 6.45) is 8.23. The van der Waals surface area contributed by atoms with Gasteiger partial charge in [0.15, 0.2) is 0 Å². The number of benzene rings is 2. The maximum Gasteiger partial charge on any atom is 0.227 e. The summed E-state index contributed by atoms with van der Waals surface area (Å²) in [6, 6.07) is 20.4. The molecular formula is C30H37N5O2. The van der Waals surface area contributed by atoms with Gasteiger partial charge < -0.3 is 14.8 Å². The molecule has 4 atom stereocenters. The number of nitrogens with zero attached hydrogens (tertiary/aromatic N) is 4. The fourth-order valence-corrected chi connectivity index (χ4v) is 6.75. The van der Waals surface area contributed by atoms with Crippen molar-refractivity contribution in [1.82, 2.24) is 24.7 Å². The first-order chi connectivity index (χ1) is 18.1. The van der Waals surface area contributed by atoms with Crippen molar-refractivity contribution in [3.63, 3.8) is 0 Å². The van der Waals surface area contributed by atoms with Crippen LogP contribution in [-0.4, -0.2) is 62.9 Å². The highest BCUT2D eigenvalue weighted by molar-refractivity contribution is 5.84. The number of fused-ring (bicyclic) bond motifs is 3. The first-order valence-corrected chi connectivity index (χ1v) is 13.9. The zero-order chi connectivity index (χ0) is 25.4. The van der Waals surface area contributed by atoms with Gasteiger partial charge in [-0.3, -0.25) is 14.5 Å². The third-order valence-electron chi connectivity index (χ3n) is 8.84. The van der Waals surface area contributed by atoms with Crippen LogP contribution in [0.2, 0.25) is 0 Å². The van der Waals surface area contributed by atoms with E-state index in [0.717, 1.165) is 36.9 Å². The molecule has 0 aliphatic carbocycles. The number of rotatable bonds is 8. The van der Waals surface area contributed by atoms with Crippen molar-refractivity contribution in [3.8, 4) is 0 Å². The smallest absolute Gasteiger partial charge is 0.227 e. The summed E-state index contributed by atoms with van der Waals surface area (Å²) >= 11 is 0. The third-order valence-corrected chi connectivity index (χ3v) is 8.84. The van der Waals surface area contributed by atoms with E-state index in [1.165, 1.54) is 18.4 Å². The van der Waals surface area contributed by atoms with Crippen LogP contribution in [0.4, 0.5) is 0 Å². The quantitative estimate of drug-likeness (QED) is 0.501. The molecule has 1 aromatic heterocycles. The number of carbonyl (C=O) groups is 2. The minimum absolute atomic E-state index is 0.0145. The molecule has 37 heavy (non-hydrogen) atoms. The number of hydrogen-bond acceptors (Lipinski definition) is 4. The van der Waals surface area contributed by atoms with Gasteiger partial charge in [0.2, 0.25) is 11.8 Å². The monoisotopic (exact) mass is 499 g/mol. The number of para-hydroxylation sites is 2. The molecule has 3 fully saturated rings. The second-order valence-corrected chi connectivity index (χ2v) is 11.0. The molecule has 0 radical (unpaired) electrons. The summed E-state index contributed by atoms with van der Waals surface area (Å²) in [5, 5.41) is 3.34. The Kier molecular flexibility index (Phi) is 6.72. The van der Waals surface area contributed by atoms with Crippen LogP contribution in [0, 0.1) is 5.92 Å². The van der Waals surface area contributed by atoms with E-state index in [0.29, 0.717) is 37.6 Å². The Morgan fingerprint density at radius 2 is 1.68 bits per heavy atom. The average molecular weight is 500 g/mol. The molecule has 6 rings (SSSR count). The van der Waals surface area contributed by atoms with Crippen molar-refractivity contribution in [2.24, 2.45) is 5.92 Å². The molecule has 1 unspecified atom stereocenters. The van der Waals surface area contributed by atoms with Crippen LogP contribution in [0.15, 0.2) is 60.9 Å². The average Bonchev–Trinajstić information content (AvgIpc) is 3.43. The molecule has 0 spiro atoms. The fraction of sp³-hybridized carbons (Fsp3) is 0.500. The second-order valence-electron chi connectivity index (χ2n) is 11.0. The van der Waals surface area contributed by atoms with Gasteiger partial charge >= 0.3 is 0 Å². The fourth-order valence-electron chi connectivity index (χ4n) is 6.75. The zero-order valence-corrected chi connectivity index (χ0v) is 21.6.